The van der Waals surface area contributed by atoms with Crippen LogP contribution in [0.2, 0.25) is 0 Å². The number of rotatable bonds is 9. The molecule has 0 bridgehead atoms. The Balaban J connectivity index is 1.36. The molecule has 0 spiro atoms. The van der Waals surface area contributed by atoms with Crippen LogP contribution in [-0.4, -0.2) is 66.1 Å². The van der Waals surface area contributed by atoms with Crippen molar-refractivity contribution in [2.75, 3.05) is 50.1 Å². The summed E-state index contributed by atoms with van der Waals surface area (Å²) >= 11 is 1.00. The van der Waals surface area contributed by atoms with Crippen molar-refractivity contribution in [1.29, 1.82) is 0 Å². The number of hydrogen-bond donors (Lipinski definition) is 3. The highest BCUT2D eigenvalue weighted by molar-refractivity contribution is 7.20. The van der Waals surface area contributed by atoms with Gasteiger partial charge in [-0.15, -0.1) is 0 Å². The van der Waals surface area contributed by atoms with Gasteiger partial charge in [-0.25, -0.2) is 9.97 Å². The minimum Gasteiger partial charge on any atom is -0.492 e. The van der Waals surface area contributed by atoms with Crippen molar-refractivity contribution in [3.05, 3.63) is 59.8 Å². The number of nitrogens with one attached hydrogen (secondary N) is 2. The molecule has 1 saturated heterocycles. The van der Waals surface area contributed by atoms with E-state index in [1.807, 2.05) is 0 Å². The number of ether oxygens (including phenoxy) is 2. The van der Waals surface area contributed by atoms with Crippen molar-refractivity contribution in [2.45, 2.75) is 0 Å². The van der Waals surface area contributed by atoms with E-state index >= 15 is 0 Å². The number of benzene rings is 1. The Kier molecular flexibility index (Phi) is 7.62. The average molecular weight is 487 g/mol. The normalized spacial score (nSPS) is 13.9. The fourth-order valence-electron chi connectivity index (χ4n) is 3.22. The number of halogens is 1. The molecule has 3 heterocycles. The van der Waals surface area contributed by atoms with Gasteiger partial charge in [0.05, 0.1) is 13.2 Å². The second-order valence-electron chi connectivity index (χ2n) is 7.33. The number of nitrogens with zero attached hydrogens (tertiary/aromatic N) is 3. The van der Waals surface area contributed by atoms with E-state index < -0.39 is 17.8 Å². The smallest absolute Gasteiger partial charge is 0.270 e. The van der Waals surface area contributed by atoms with Crippen molar-refractivity contribution < 1.29 is 23.5 Å². The summed E-state index contributed by atoms with van der Waals surface area (Å²) in [5, 5.41) is 5.97. The van der Waals surface area contributed by atoms with Gasteiger partial charge in [-0.3, -0.25) is 14.5 Å². The molecule has 0 atom stereocenters. The zero-order valence-corrected chi connectivity index (χ0v) is 18.9. The SMILES string of the molecule is NC(=O)c1nc(Nc2ccnc(F)c2)sc1NC(=O)c1ccc(OCCN2CCOCC2)cc1. The Bertz CT molecular complexity index is 1150. The van der Waals surface area contributed by atoms with Crippen molar-refractivity contribution in [2.24, 2.45) is 5.73 Å². The fraction of sp³-hybridized carbons (Fsp3) is 0.273. The molecule has 34 heavy (non-hydrogen) atoms. The third-order valence-corrected chi connectivity index (χ3v) is 5.85. The van der Waals surface area contributed by atoms with E-state index in [4.69, 9.17) is 15.2 Å². The highest BCUT2D eigenvalue weighted by Gasteiger charge is 2.19. The Morgan fingerprint density at radius 1 is 1.21 bits per heavy atom. The minimum absolute atomic E-state index is 0.0987. The Morgan fingerprint density at radius 3 is 2.68 bits per heavy atom. The maximum Gasteiger partial charge on any atom is 0.270 e. The Labute approximate surface area is 198 Å². The summed E-state index contributed by atoms with van der Waals surface area (Å²) in [5.74, 6) is -1.26. The highest BCUT2D eigenvalue weighted by atomic mass is 32.1. The topological polar surface area (TPSA) is 132 Å². The number of hydrogen-bond acceptors (Lipinski definition) is 9. The third-order valence-electron chi connectivity index (χ3n) is 4.96. The lowest BCUT2D eigenvalue weighted by Gasteiger charge is -2.26. The van der Waals surface area contributed by atoms with Gasteiger partial charge in [0.2, 0.25) is 5.95 Å². The molecular weight excluding hydrogens is 463 g/mol. The molecule has 0 radical (unpaired) electrons. The number of pyridine rings is 1. The number of aromatic nitrogens is 2. The van der Waals surface area contributed by atoms with Crippen LogP contribution in [0.5, 0.6) is 5.75 Å². The molecule has 12 heteroatoms. The number of thiazole rings is 1. The monoisotopic (exact) mass is 486 g/mol. The van der Waals surface area contributed by atoms with Gasteiger partial charge in [0.1, 0.15) is 17.4 Å². The molecule has 1 fully saturated rings. The number of morpholine rings is 1. The maximum atomic E-state index is 13.3. The van der Waals surface area contributed by atoms with Crippen molar-refractivity contribution >= 4 is 39.0 Å². The molecule has 2 amide bonds. The van der Waals surface area contributed by atoms with Crippen LogP contribution in [0, 0.1) is 5.95 Å². The van der Waals surface area contributed by atoms with E-state index in [1.165, 1.54) is 18.3 Å². The van der Waals surface area contributed by atoms with E-state index in [0.29, 0.717) is 23.6 Å². The average Bonchev–Trinajstić information content (AvgIpc) is 3.22. The summed E-state index contributed by atoms with van der Waals surface area (Å²) in [4.78, 5) is 34.4. The Morgan fingerprint density at radius 2 is 1.97 bits per heavy atom. The number of anilines is 3. The lowest BCUT2D eigenvalue weighted by atomic mass is 10.2. The van der Waals surface area contributed by atoms with Gasteiger partial charge in [-0.1, -0.05) is 11.3 Å². The van der Waals surface area contributed by atoms with Gasteiger partial charge in [-0.2, -0.15) is 4.39 Å². The summed E-state index contributed by atoms with van der Waals surface area (Å²) < 4.78 is 24.4. The molecule has 3 aromatic rings. The first kappa shape index (κ1) is 23.5. The highest BCUT2D eigenvalue weighted by Crippen LogP contribution is 2.31. The van der Waals surface area contributed by atoms with Crippen LogP contribution in [0.15, 0.2) is 42.6 Å². The van der Waals surface area contributed by atoms with Gasteiger partial charge >= 0.3 is 0 Å². The number of nitrogens with two attached hydrogens (primary N) is 1. The van der Waals surface area contributed by atoms with Crippen LogP contribution < -0.4 is 21.1 Å². The zero-order chi connectivity index (χ0) is 23.9. The molecule has 4 rings (SSSR count). The number of carbonyl (C=O) groups is 2. The molecule has 1 aliphatic heterocycles. The molecule has 2 aromatic heterocycles. The Hall–Kier alpha value is -3.61. The second-order valence-corrected chi connectivity index (χ2v) is 8.33. The summed E-state index contributed by atoms with van der Waals surface area (Å²) in [6.07, 6.45) is 1.29. The predicted molar refractivity (Wildman–Crippen MR) is 125 cm³/mol. The fourth-order valence-corrected chi connectivity index (χ4v) is 4.11. The largest absolute Gasteiger partial charge is 0.492 e. The van der Waals surface area contributed by atoms with E-state index in [9.17, 15) is 14.0 Å². The van der Waals surface area contributed by atoms with Gasteiger partial charge in [0, 0.05) is 43.1 Å². The zero-order valence-electron chi connectivity index (χ0n) is 18.1. The maximum absolute atomic E-state index is 13.3. The van der Waals surface area contributed by atoms with Crippen LogP contribution in [0.3, 0.4) is 0 Å². The molecule has 4 N–H and O–H groups in total. The number of amides is 2. The van der Waals surface area contributed by atoms with Crippen LogP contribution in [-0.2, 0) is 4.74 Å². The molecule has 10 nitrogen and oxygen atoms in total. The standard InChI is InChI=1S/C22H23FN6O4S/c23-17-13-15(5-6-25-17)26-22-27-18(19(24)30)21(34-22)28-20(31)14-1-3-16(4-2-14)33-12-9-29-7-10-32-11-8-29/h1-6,13H,7-12H2,(H2,24,30)(H,28,31)(H,25,26,27). The molecular formula is C22H23FN6O4S. The summed E-state index contributed by atoms with van der Waals surface area (Å²) in [6.45, 7) is 4.59. The summed E-state index contributed by atoms with van der Waals surface area (Å²) in [6, 6.07) is 9.39. The number of primary amides is 1. The summed E-state index contributed by atoms with van der Waals surface area (Å²) in [7, 11) is 0. The second kappa shape index (κ2) is 11.0. The third kappa shape index (κ3) is 6.25. The van der Waals surface area contributed by atoms with E-state index in [-0.39, 0.29) is 15.8 Å². The van der Waals surface area contributed by atoms with Crippen LogP contribution in [0.1, 0.15) is 20.8 Å². The van der Waals surface area contributed by atoms with E-state index in [1.54, 1.807) is 24.3 Å². The van der Waals surface area contributed by atoms with Gasteiger partial charge in [0.25, 0.3) is 11.8 Å². The molecule has 0 aliphatic carbocycles. The molecule has 0 saturated carbocycles. The minimum atomic E-state index is -0.801. The van der Waals surface area contributed by atoms with Gasteiger partial charge in [0.15, 0.2) is 10.8 Å². The van der Waals surface area contributed by atoms with Gasteiger partial charge < -0.3 is 25.8 Å². The first-order chi connectivity index (χ1) is 16.5. The van der Waals surface area contributed by atoms with Crippen molar-refractivity contribution in [3.63, 3.8) is 0 Å². The van der Waals surface area contributed by atoms with Gasteiger partial charge in [-0.05, 0) is 30.3 Å². The molecule has 0 unspecified atom stereocenters. The lowest BCUT2D eigenvalue weighted by Crippen LogP contribution is -2.38. The van der Waals surface area contributed by atoms with Crippen molar-refractivity contribution in [1.82, 2.24) is 14.9 Å². The van der Waals surface area contributed by atoms with Crippen molar-refractivity contribution in [3.8, 4) is 5.75 Å². The van der Waals surface area contributed by atoms with Crippen LogP contribution in [0.25, 0.3) is 0 Å². The molecule has 1 aromatic carbocycles. The lowest BCUT2D eigenvalue weighted by molar-refractivity contribution is 0.0322. The first-order valence-corrected chi connectivity index (χ1v) is 11.3. The first-order valence-electron chi connectivity index (χ1n) is 10.5. The van der Waals surface area contributed by atoms with E-state index in [0.717, 1.165) is 44.2 Å². The van der Waals surface area contributed by atoms with E-state index in [2.05, 4.69) is 25.5 Å². The number of carbonyl (C=O) groups excluding carboxylic acids is 2. The summed E-state index contributed by atoms with van der Waals surface area (Å²) in [5.41, 5.74) is 6.07. The van der Waals surface area contributed by atoms with Crippen LogP contribution in [0.4, 0.5) is 20.2 Å². The molecule has 1 aliphatic rings. The van der Waals surface area contributed by atoms with Crippen LogP contribution >= 0.6 is 11.3 Å². The molecule has 178 valence electrons. The predicted octanol–water partition coefficient (Wildman–Crippen LogP) is 2.48. The quantitative estimate of drug-likeness (QED) is 0.393.